The molecule has 1 aromatic carbocycles. The van der Waals surface area contributed by atoms with Gasteiger partial charge in [0.1, 0.15) is 0 Å². The molecule has 6 nitrogen and oxygen atoms in total. The second-order valence-electron chi connectivity index (χ2n) is 4.63. The van der Waals surface area contributed by atoms with Crippen LogP contribution < -0.4 is 10.6 Å². The molecule has 1 amide bonds. The number of carbonyl (C=O) groups excluding carboxylic acids is 1. The summed E-state index contributed by atoms with van der Waals surface area (Å²) in [5, 5.41) is 15.4. The number of halogens is 3. The molecule has 1 aromatic rings. The third-order valence-corrected chi connectivity index (χ3v) is 3.04. The maximum atomic E-state index is 12.9. The zero-order valence-corrected chi connectivity index (χ0v) is 11.7. The van der Waals surface area contributed by atoms with E-state index in [0.29, 0.717) is 5.56 Å². The lowest BCUT2D eigenvalue weighted by atomic mass is 10.1. The van der Waals surface area contributed by atoms with Gasteiger partial charge in [0.15, 0.2) is 0 Å². The van der Waals surface area contributed by atoms with Crippen LogP contribution in [-0.4, -0.2) is 29.3 Å². The molecule has 0 bridgehead atoms. The summed E-state index contributed by atoms with van der Waals surface area (Å²) in [6, 6.07) is 4.76. The Morgan fingerprint density at radius 3 is 2.52 bits per heavy atom. The average molecular weight is 322 g/mol. The zero-order valence-electron chi connectivity index (χ0n) is 10.8. The van der Waals surface area contributed by atoms with E-state index in [4.69, 9.17) is 0 Å². The van der Waals surface area contributed by atoms with Crippen LogP contribution in [0.15, 0.2) is 24.3 Å². The standard InChI is InChI=1S/C12H13F2N3O3.ClH/c13-12(14)5-10(16-7-12)11(18)15-6-8-1-3-9(4-2-8)17(19)20;/h1-4,10,16H,5-7H2,(H,15,18);1H. The van der Waals surface area contributed by atoms with E-state index in [1.165, 1.54) is 24.3 Å². The number of nitro benzene ring substituents is 1. The summed E-state index contributed by atoms with van der Waals surface area (Å²) < 4.78 is 25.9. The number of rotatable bonds is 4. The molecule has 1 saturated heterocycles. The minimum Gasteiger partial charge on any atom is -0.351 e. The van der Waals surface area contributed by atoms with Crippen molar-refractivity contribution in [3.8, 4) is 0 Å². The fourth-order valence-corrected chi connectivity index (χ4v) is 1.95. The molecular formula is C12H14ClF2N3O3. The Morgan fingerprint density at radius 2 is 2.05 bits per heavy atom. The number of nitrogens with one attached hydrogen (secondary N) is 2. The van der Waals surface area contributed by atoms with Crippen LogP contribution in [0.25, 0.3) is 0 Å². The first kappa shape index (κ1) is 17.3. The van der Waals surface area contributed by atoms with Gasteiger partial charge in [-0.15, -0.1) is 12.4 Å². The molecule has 0 radical (unpaired) electrons. The van der Waals surface area contributed by atoms with Gasteiger partial charge < -0.3 is 5.32 Å². The van der Waals surface area contributed by atoms with Crippen LogP contribution in [0, 0.1) is 10.1 Å². The van der Waals surface area contributed by atoms with Crippen LogP contribution in [0.2, 0.25) is 0 Å². The SMILES string of the molecule is Cl.O=C(NCc1ccc([N+](=O)[O-])cc1)C1CC(F)(F)CN1. The first-order valence-corrected chi connectivity index (χ1v) is 6.00. The van der Waals surface area contributed by atoms with E-state index in [9.17, 15) is 23.7 Å². The topological polar surface area (TPSA) is 84.3 Å². The molecule has 1 aliphatic rings. The lowest BCUT2D eigenvalue weighted by Crippen LogP contribution is -2.40. The van der Waals surface area contributed by atoms with Gasteiger partial charge in [-0.1, -0.05) is 12.1 Å². The molecule has 1 aliphatic heterocycles. The van der Waals surface area contributed by atoms with Gasteiger partial charge in [-0.25, -0.2) is 8.78 Å². The van der Waals surface area contributed by atoms with Crippen molar-refractivity contribution in [2.75, 3.05) is 6.54 Å². The van der Waals surface area contributed by atoms with Crippen molar-refractivity contribution in [1.29, 1.82) is 0 Å². The summed E-state index contributed by atoms with van der Waals surface area (Å²) in [6.07, 6.45) is -0.515. The Morgan fingerprint density at radius 1 is 1.43 bits per heavy atom. The molecule has 1 atom stereocenters. The normalized spacial score (nSPS) is 19.6. The summed E-state index contributed by atoms with van der Waals surface area (Å²) in [5.74, 6) is -3.35. The first-order valence-electron chi connectivity index (χ1n) is 6.00. The second kappa shape index (κ2) is 6.77. The summed E-state index contributed by atoms with van der Waals surface area (Å²) >= 11 is 0. The number of amides is 1. The highest BCUT2D eigenvalue weighted by atomic mass is 35.5. The van der Waals surface area contributed by atoms with E-state index in [0.717, 1.165) is 0 Å². The fraction of sp³-hybridized carbons (Fsp3) is 0.417. The monoisotopic (exact) mass is 321 g/mol. The fourth-order valence-electron chi connectivity index (χ4n) is 1.95. The van der Waals surface area contributed by atoms with Crippen molar-refractivity contribution in [3.63, 3.8) is 0 Å². The number of alkyl halides is 2. The molecular weight excluding hydrogens is 308 g/mol. The minimum atomic E-state index is -2.85. The van der Waals surface area contributed by atoms with Gasteiger partial charge >= 0.3 is 0 Å². The van der Waals surface area contributed by atoms with E-state index in [1.54, 1.807) is 0 Å². The molecule has 2 rings (SSSR count). The van der Waals surface area contributed by atoms with Gasteiger partial charge in [-0.05, 0) is 5.56 Å². The number of carbonyl (C=O) groups is 1. The first-order chi connectivity index (χ1) is 9.37. The molecule has 0 spiro atoms. The lowest BCUT2D eigenvalue weighted by molar-refractivity contribution is -0.384. The molecule has 9 heteroatoms. The Balaban J connectivity index is 0.00000220. The summed E-state index contributed by atoms with van der Waals surface area (Å²) in [5.41, 5.74) is 0.617. The number of non-ortho nitro benzene ring substituents is 1. The van der Waals surface area contributed by atoms with Crippen molar-refractivity contribution in [2.45, 2.75) is 24.9 Å². The lowest BCUT2D eigenvalue weighted by Gasteiger charge is -2.11. The molecule has 1 heterocycles. The number of nitro groups is 1. The third-order valence-electron chi connectivity index (χ3n) is 3.04. The van der Waals surface area contributed by atoms with Crippen LogP contribution >= 0.6 is 12.4 Å². The highest BCUT2D eigenvalue weighted by Gasteiger charge is 2.42. The highest BCUT2D eigenvalue weighted by molar-refractivity contribution is 5.85. The Labute approximate surface area is 125 Å². The molecule has 0 saturated carbocycles. The van der Waals surface area contributed by atoms with Crippen molar-refractivity contribution >= 4 is 24.0 Å². The van der Waals surface area contributed by atoms with Crippen LogP contribution in [-0.2, 0) is 11.3 Å². The summed E-state index contributed by atoms with van der Waals surface area (Å²) in [7, 11) is 0. The molecule has 0 aliphatic carbocycles. The smallest absolute Gasteiger partial charge is 0.269 e. The van der Waals surface area contributed by atoms with Crippen molar-refractivity contribution in [3.05, 3.63) is 39.9 Å². The van der Waals surface area contributed by atoms with Crippen LogP contribution in [0.1, 0.15) is 12.0 Å². The average Bonchev–Trinajstić information content (AvgIpc) is 2.77. The van der Waals surface area contributed by atoms with Gasteiger partial charge in [0.05, 0.1) is 17.5 Å². The summed E-state index contributed by atoms with van der Waals surface area (Å²) in [4.78, 5) is 21.6. The quantitative estimate of drug-likeness (QED) is 0.652. The van der Waals surface area contributed by atoms with Gasteiger partial charge in [0.25, 0.3) is 11.6 Å². The Bertz CT molecular complexity index is 525. The van der Waals surface area contributed by atoms with Crippen molar-refractivity contribution < 1.29 is 18.5 Å². The van der Waals surface area contributed by atoms with E-state index in [1.807, 2.05) is 0 Å². The maximum absolute atomic E-state index is 12.9. The molecule has 116 valence electrons. The predicted octanol–water partition coefficient (Wildman–Crippen LogP) is 1.63. The minimum absolute atomic E-state index is 0. The third kappa shape index (κ3) is 4.61. The van der Waals surface area contributed by atoms with E-state index in [2.05, 4.69) is 10.6 Å². The molecule has 1 fully saturated rings. The van der Waals surface area contributed by atoms with Gasteiger partial charge in [0.2, 0.25) is 5.91 Å². The largest absolute Gasteiger partial charge is 0.351 e. The number of nitrogens with zero attached hydrogens (tertiary/aromatic N) is 1. The van der Waals surface area contributed by atoms with Gasteiger partial charge in [-0.2, -0.15) is 0 Å². The van der Waals surface area contributed by atoms with Crippen molar-refractivity contribution in [2.24, 2.45) is 0 Å². The van der Waals surface area contributed by atoms with E-state index in [-0.39, 0.29) is 24.6 Å². The van der Waals surface area contributed by atoms with Gasteiger partial charge in [-0.3, -0.25) is 20.2 Å². The molecule has 2 N–H and O–H groups in total. The van der Waals surface area contributed by atoms with Crippen LogP contribution in [0.5, 0.6) is 0 Å². The van der Waals surface area contributed by atoms with E-state index >= 15 is 0 Å². The summed E-state index contributed by atoms with van der Waals surface area (Å²) in [6.45, 7) is -0.358. The van der Waals surface area contributed by atoms with Gasteiger partial charge in [0, 0.05) is 25.1 Å². The number of benzene rings is 1. The predicted molar refractivity (Wildman–Crippen MR) is 73.5 cm³/mol. The Kier molecular flexibility index (Phi) is 5.56. The molecule has 0 aromatic heterocycles. The Hall–Kier alpha value is -1.80. The van der Waals surface area contributed by atoms with Crippen molar-refractivity contribution in [1.82, 2.24) is 10.6 Å². The van der Waals surface area contributed by atoms with Crippen LogP contribution in [0.3, 0.4) is 0 Å². The molecule has 1 unspecified atom stereocenters. The number of hydrogen-bond acceptors (Lipinski definition) is 4. The highest BCUT2D eigenvalue weighted by Crippen LogP contribution is 2.25. The maximum Gasteiger partial charge on any atom is 0.269 e. The van der Waals surface area contributed by atoms with E-state index < -0.39 is 35.8 Å². The number of hydrogen-bond donors (Lipinski definition) is 2. The zero-order chi connectivity index (χ0) is 14.8. The second-order valence-corrected chi connectivity index (χ2v) is 4.63. The molecule has 21 heavy (non-hydrogen) atoms. The van der Waals surface area contributed by atoms with Crippen LogP contribution in [0.4, 0.5) is 14.5 Å².